The van der Waals surface area contributed by atoms with Crippen molar-refractivity contribution in [3.63, 3.8) is 0 Å². The summed E-state index contributed by atoms with van der Waals surface area (Å²) in [5, 5.41) is 7.54. The van der Waals surface area contributed by atoms with Crippen molar-refractivity contribution in [2.75, 3.05) is 18.5 Å². The number of anilines is 1. The van der Waals surface area contributed by atoms with Gasteiger partial charge < -0.3 is 15.8 Å². The molecule has 2 heterocycles. The highest BCUT2D eigenvalue weighted by molar-refractivity contribution is 7.14. The molecular weight excluding hydrogens is 242 g/mol. The molecule has 3 amide bonds. The number of thiophene rings is 1. The summed E-state index contributed by atoms with van der Waals surface area (Å²) in [7, 11) is 0. The number of rotatable bonds is 3. The van der Waals surface area contributed by atoms with Crippen LogP contribution in [0.15, 0.2) is 11.4 Å². The third-order valence-electron chi connectivity index (χ3n) is 2.42. The Labute approximate surface area is 102 Å². The minimum atomic E-state index is -0.550. The van der Waals surface area contributed by atoms with Crippen molar-refractivity contribution >= 4 is 28.3 Å². The van der Waals surface area contributed by atoms with E-state index in [9.17, 15) is 9.59 Å². The van der Waals surface area contributed by atoms with Crippen molar-refractivity contribution in [2.24, 2.45) is 5.73 Å². The van der Waals surface area contributed by atoms with E-state index < -0.39 is 5.91 Å². The number of nitrogens with two attached hydrogens (primary N) is 1. The minimum Gasteiger partial charge on any atom is -0.379 e. The van der Waals surface area contributed by atoms with E-state index in [1.165, 1.54) is 11.3 Å². The standard InChI is InChI=1S/C10H13N3O3S/c11-8(14)7-2-4-17-9(7)13-10(15)12-6-1-3-16-5-6/h2,4,6H,1,3,5H2,(H2,11,14)(H2,12,13,15). The van der Waals surface area contributed by atoms with Crippen molar-refractivity contribution in [3.8, 4) is 0 Å². The Balaban J connectivity index is 1.93. The molecule has 1 aromatic heterocycles. The maximum absolute atomic E-state index is 11.6. The molecule has 17 heavy (non-hydrogen) atoms. The van der Waals surface area contributed by atoms with Crippen LogP contribution in [-0.4, -0.2) is 31.2 Å². The monoisotopic (exact) mass is 255 g/mol. The van der Waals surface area contributed by atoms with Gasteiger partial charge in [0.2, 0.25) is 0 Å². The van der Waals surface area contributed by atoms with Crippen molar-refractivity contribution in [1.82, 2.24) is 5.32 Å². The molecule has 0 radical (unpaired) electrons. The fourth-order valence-corrected chi connectivity index (χ4v) is 2.36. The number of ether oxygens (including phenoxy) is 1. The summed E-state index contributed by atoms with van der Waals surface area (Å²) in [4.78, 5) is 22.7. The van der Waals surface area contributed by atoms with Gasteiger partial charge in [0.05, 0.1) is 18.2 Å². The first kappa shape index (κ1) is 11.9. The zero-order chi connectivity index (χ0) is 12.3. The minimum absolute atomic E-state index is 0.0343. The van der Waals surface area contributed by atoms with Crippen LogP contribution in [0.5, 0.6) is 0 Å². The van der Waals surface area contributed by atoms with Gasteiger partial charge in [-0.1, -0.05) is 0 Å². The lowest BCUT2D eigenvalue weighted by atomic mass is 10.3. The van der Waals surface area contributed by atoms with Crippen molar-refractivity contribution in [3.05, 3.63) is 17.0 Å². The summed E-state index contributed by atoms with van der Waals surface area (Å²) in [6, 6.07) is 1.28. The molecule has 1 unspecified atom stereocenters. The molecule has 1 atom stereocenters. The van der Waals surface area contributed by atoms with E-state index in [4.69, 9.17) is 10.5 Å². The van der Waals surface area contributed by atoms with Crippen LogP contribution in [0.25, 0.3) is 0 Å². The van der Waals surface area contributed by atoms with Crippen LogP contribution in [0.4, 0.5) is 9.80 Å². The quantitative estimate of drug-likeness (QED) is 0.744. The van der Waals surface area contributed by atoms with E-state index in [0.717, 1.165) is 6.42 Å². The van der Waals surface area contributed by atoms with Crippen LogP contribution < -0.4 is 16.4 Å². The Bertz CT molecular complexity index is 426. The Morgan fingerprint density at radius 1 is 1.53 bits per heavy atom. The molecule has 0 aliphatic carbocycles. The highest BCUT2D eigenvalue weighted by atomic mass is 32.1. The fraction of sp³-hybridized carbons (Fsp3) is 0.400. The summed E-state index contributed by atoms with van der Waals surface area (Å²) in [5.74, 6) is -0.550. The molecule has 2 rings (SSSR count). The Morgan fingerprint density at radius 3 is 3.00 bits per heavy atom. The van der Waals surface area contributed by atoms with Crippen molar-refractivity contribution in [1.29, 1.82) is 0 Å². The van der Waals surface area contributed by atoms with Gasteiger partial charge in [0.25, 0.3) is 5.91 Å². The molecule has 1 fully saturated rings. The Hall–Kier alpha value is -1.60. The molecule has 0 aromatic carbocycles. The molecular formula is C10H13N3O3S. The molecule has 0 spiro atoms. The fourth-order valence-electron chi connectivity index (χ4n) is 1.57. The van der Waals surface area contributed by atoms with Gasteiger partial charge in [-0.3, -0.25) is 10.1 Å². The van der Waals surface area contributed by atoms with Crippen LogP contribution in [0.2, 0.25) is 0 Å². The van der Waals surface area contributed by atoms with Gasteiger partial charge in [-0.05, 0) is 17.9 Å². The lowest BCUT2D eigenvalue weighted by molar-refractivity contribution is 0.100. The second-order valence-corrected chi connectivity index (χ2v) is 4.60. The number of amides is 3. The number of carbonyl (C=O) groups is 2. The summed E-state index contributed by atoms with van der Waals surface area (Å²) in [6.07, 6.45) is 0.806. The molecule has 1 aliphatic heterocycles. The van der Waals surface area contributed by atoms with Crippen molar-refractivity contribution < 1.29 is 14.3 Å². The number of urea groups is 1. The normalized spacial score (nSPS) is 18.9. The topological polar surface area (TPSA) is 93.5 Å². The zero-order valence-corrected chi connectivity index (χ0v) is 9.88. The SMILES string of the molecule is NC(=O)c1ccsc1NC(=O)NC1CCOC1. The molecule has 1 aliphatic rings. The van der Waals surface area contributed by atoms with Gasteiger partial charge in [0.15, 0.2) is 0 Å². The van der Waals surface area contributed by atoms with Gasteiger partial charge in [-0.15, -0.1) is 11.3 Å². The van der Waals surface area contributed by atoms with E-state index in [-0.39, 0.29) is 12.1 Å². The van der Waals surface area contributed by atoms with Gasteiger partial charge in [0.1, 0.15) is 5.00 Å². The predicted octanol–water partition coefficient (Wildman–Crippen LogP) is 0.757. The summed E-state index contributed by atoms with van der Waals surface area (Å²) >= 11 is 1.26. The highest BCUT2D eigenvalue weighted by Crippen LogP contribution is 2.22. The second kappa shape index (κ2) is 5.15. The highest BCUT2D eigenvalue weighted by Gasteiger charge is 2.19. The van der Waals surface area contributed by atoms with Crippen LogP contribution in [0, 0.1) is 0 Å². The van der Waals surface area contributed by atoms with E-state index in [2.05, 4.69) is 10.6 Å². The second-order valence-electron chi connectivity index (χ2n) is 3.69. The van der Waals surface area contributed by atoms with Crippen molar-refractivity contribution in [2.45, 2.75) is 12.5 Å². The van der Waals surface area contributed by atoms with Crippen LogP contribution in [0.1, 0.15) is 16.8 Å². The molecule has 4 N–H and O–H groups in total. The summed E-state index contributed by atoms with van der Waals surface area (Å²) in [5.41, 5.74) is 5.50. The number of carbonyl (C=O) groups excluding carboxylic acids is 2. The third kappa shape index (κ3) is 2.95. The smallest absolute Gasteiger partial charge is 0.320 e. The molecule has 6 nitrogen and oxygen atoms in total. The third-order valence-corrected chi connectivity index (χ3v) is 3.25. The molecule has 0 saturated carbocycles. The lowest BCUT2D eigenvalue weighted by Gasteiger charge is -2.11. The summed E-state index contributed by atoms with van der Waals surface area (Å²) < 4.78 is 5.14. The maximum Gasteiger partial charge on any atom is 0.320 e. The Morgan fingerprint density at radius 2 is 2.35 bits per heavy atom. The van der Waals surface area contributed by atoms with Crippen LogP contribution in [0.3, 0.4) is 0 Å². The number of primary amides is 1. The Kier molecular flexibility index (Phi) is 3.60. The van der Waals surface area contributed by atoms with Gasteiger partial charge in [0, 0.05) is 6.61 Å². The van der Waals surface area contributed by atoms with E-state index >= 15 is 0 Å². The predicted molar refractivity (Wildman–Crippen MR) is 64.2 cm³/mol. The van der Waals surface area contributed by atoms with E-state index in [1.807, 2.05) is 0 Å². The summed E-state index contributed by atoms with van der Waals surface area (Å²) in [6.45, 7) is 1.19. The maximum atomic E-state index is 11.6. The molecule has 0 bridgehead atoms. The largest absolute Gasteiger partial charge is 0.379 e. The average molecular weight is 255 g/mol. The number of nitrogens with one attached hydrogen (secondary N) is 2. The first-order chi connectivity index (χ1) is 8.16. The van der Waals surface area contributed by atoms with Crippen LogP contribution in [-0.2, 0) is 4.74 Å². The van der Waals surface area contributed by atoms with Crippen LogP contribution >= 0.6 is 11.3 Å². The van der Waals surface area contributed by atoms with Gasteiger partial charge in [-0.2, -0.15) is 0 Å². The zero-order valence-electron chi connectivity index (χ0n) is 9.06. The molecule has 1 saturated heterocycles. The number of hydrogen-bond donors (Lipinski definition) is 3. The lowest BCUT2D eigenvalue weighted by Crippen LogP contribution is -2.38. The first-order valence-electron chi connectivity index (χ1n) is 5.19. The molecule has 1 aromatic rings. The van der Waals surface area contributed by atoms with Gasteiger partial charge in [-0.25, -0.2) is 4.79 Å². The molecule has 92 valence electrons. The van der Waals surface area contributed by atoms with Gasteiger partial charge >= 0.3 is 6.03 Å². The van der Waals surface area contributed by atoms with E-state index in [1.54, 1.807) is 11.4 Å². The molecule has 7 heteroatoms. The van der Waals surface area contributed by atoms with E-state index in [0.29, 0.717) is 23.8 Å². The average Bonchev–Trinajstić information content (AvgIpc) is 2.88. The first-order valence-corrected chi connectivity index (χ1v) is 6.07. The number of hydrogen-bond acceptors (Lipinski definition) is 4.